The Morgan fingerprint density at radius 3 is 3.17 bits per heavy atom. The minimum Gasteiger partial charge on any atom is -0.351 e. The van der Waals surface area contributed by atoms with Crippen molar-refractivity contribution >= 4 is 11.6 Å². The van der Waals surface area contributed by atoms with E-state index in [1.807, 2.05) is 19.9 Å². The van der Waals surface area contributed by atoms with Crippen LogP contribution in [0.4, 0.5) is 0 Å². The largest absolute Gasteiger partial charge is 0.351 e. The minimum absolute atomic E-state index is 0.0692. The first kappa shape index (κ1) is 8.97. The van der Waals surface area contributed by atoms with Gasteiger partial charge >= 0.3 is 0 Å². The molecule has 0 fully saturated rings. The summed E-state index contributed by atoms with van der Waals surface area (Å²) in [5, 5.41) is 2.71. The molecule has 1 heterocycles. The van der Waals surface area contributed by atoms with Crippen molar-refractivity contribution in [2.75, 3.05) is 6.54 Å². The van der Waals surface area contributed by atoms with Crippen LogP contribution in [0, 0.1) is 0 Å². The topological polar surface area (TPSA) is 41.5 Å². The Kier molecular flexibility index (Phi) is 3.02. The second-order valence-electron chi connectivity index (χ2n) is 2.86. The van der Waals surface area contributed by atoms with Gasteiger partial charge < -0.3 is 5.32 Å². The van der Waals surface area contributed by atoms with Crippen molar-refractivity contribution in [2.45, 2.75) is 26.3 Å². The Bertz CT molecular complexity index is 231. The number of aliphatic imine (C=N–C) groups is 1. The maximum atomic E-state index is 11.3. The van der Waals surface area contributed by atoms with E-state index in [0.717, 1.165) is 6.42 Å². The molecule has 3 heteroatoms. The molecule has 0 bridgehead atoms. The zero-order valence-corrected chi connectivity index (χ0v) is 7.50. The summed E-state index contributed by atoms with van der Waals surface area (Å²) in [6, 6.07) is 0.243. The Morgan fingerprint density at radius 2 is 2.58 bits per heavy atom. The molecule has 1 atom stereocenters. The fraction of sp³-hybridized carbons (Fsp3) is 0.556. The molecule has 66 valence electrons. The molecule has 0 radical (unpaired) electrons. The molecule has 0 saturated carbocycles. The third-order valence-corrected chi connectivity index (χ3v) is 1.68. The highest BCUT2D eigenvalue weighted by atomic mass is 16.1. The van der Waals surface area contributed by atoms with Gasteiger partial charge in [-0.1, -0.05) is 6.08 Å². The van der Waals surface area contributed by atoms with Crippen LogP contribution in [0.1, 0.15) is 20.3 Å². The number of nitrogens with one attached hydrogen (secondary N) is 1. The van der Waals surface area contributed by atoms with Crippen molar-refractivity contribution in [1.29, 1.82) is 0 Å². The summed E-state index contributed by atoms with van der Waals surface area (Å²) >= 11 is 0. The van der Waals surface area contributed by atoms with E-state index in [0.29, 0.717) is 12.3 Å². The number of carbonyl (C=O) groups excluding carboxylic acids is 1. The van der Waals surface area contributed by atoms with E-state index < -0.39 is 0 Å². The number of hydrogen-bond acceptors (Lipinski definition) is 2. The third-order valence-electron chi connectivity index (χ3n) is 1.68. The summed E-state index contributed by atoms with van der Waals surface area (Å²) in [5.41, 5.74) is 0.551. The predicted octanol–water partition coefficient (Wildman–Crippen LogP) is 0.912. The first-order valence-electron chi connectivity index (χ1n) is 4.26. The summed E-state index contributed by atoms with van der Waals surface area (Å²) in [6.45, 7) is 4.55. The quantitative estimate of drug-likeness (QED) is 0.651. The van der Waals surface area contributed by atoms with E-state index in [2.05, 4.69) is 10.3 Å². The zero-order valence-electron chi connectivity index (χ0n) is 7.50. The summed E-state index contributed by atoms with van der Waals surface area (Å²) in [6.07, 6.45) is 4.70. The zero-order chi connectivity index (χ0) is 8.97. The number of hydrogen-bond donors (Lipinski definition) is 1. The lowest BCUT2D eigenvalue weighted by Crippen LogP contribution is -2.31. The molecule has 1 aliphatic rings. The van der Waals surface area contributed by atoms with E-state index in [1.165, 1.54) is 0 Å². The Hall–Kier alpha value is -1.12. The summed E-state index contributed by atoms with van der Waals surface area (Å²) in [7, 11) is 0. The summed E-state index contributed by atoms with van der Waals surface area (Å²) < 4.78 is 0. The van der Waals surface area contributed by atoms with Crippen molar-refractivity contribution in [3.8, 4) is 0 Å². The first-order chi connectivity index (χ1) is 5.74. The highest BCUT2D eigenvalue weighted by Crippen LogP contribution is 2.05. The van der Waals surface area contributed by atoms with Gasteiger partial charge in [-0.3, -0.25) is 9.79 Å². The standard InChI is InChI=1S/C9H14N2O/c1-3-10-9(12)8-6-4-5-7(2)11-8/h4,6-7H,3,5H2,1-2H3,(H,10,12). The maximum Gasteiger partial charge on any atom is 0.269 e. The second kappa shape index (κ2) is 4.04. The molecule has 3 nitrogen and oxygen atoms in total. The number of dihydropyridines is 1. The van der Waals surface area contributed by atoms with Crippen molar-refractivity contribution in [3.05, 3.63) is 12.2 Å². The van der Waals surface area contributed by atoms with Gasteiger partial charge in [-0.05, 0) is 26.3 Å². The van der Waals surface area contributed by atoms with Gasteiger partial charge in [0.25, 0.3) is 5.91 Å². The van der Waals surface area contributed by atoms with E-state index in [1.54, 1.807) is 6.08 Å². The van der Waals surface area contributed by atoms with Gasteiger partial charge in [-0.2, -0.15) is 0 Å². The first-order valence-corrected chi connectivity index (χ1v) is 4.26. The monoisotopic (exact) mass is 166 g/mol. The van der Waals surface area contributed by atoms with Crippen LogP contribution >= 0.6 is 0 Å². The van der Waals surface area contributed by atoms with Crippen molar-refractivity contribution in [2.24, 2.45) is 4.99 Å². The van der Waals surface area contributed by atoms with Crippen LogP contribution in [0.2, 0.25) is 0 Å². The van der Waals surface area contributed by atoms with Crippen LogP contribution in [0.3, 0.4) is 0 Å². The van der Waals surface area contributed by atoms with Crippen LogP contribution < -0.4 is 5.32 Å². The number of carbonyl (C=O) groups is 1. The lowest BCUT2D eigenvalue weighted by atomic mass is 10.1. The van der Waals surface area contributed by atoms with Gasteiger partial charge in [0.05, 0.1) is 6.04 Å². The van der Waals surface area contributed by atoms with E-state index in [4.69, 9.17) is 0 Å². The van der Waals surface area contributed by atoms with Gasteiger partial charge in [-0.25, -0.2) is 0 Å². The summed E-state index contributed by atoms with van der Waals surface area (Å²) in [4.78, 5) is 15.5. The normalized spacial score (nSPS) is 21.8. The fourth-order valence-electron chi connectivity index (χ4n) is 1.10. The van der Waals surface area contributed by atoms with Crippen LogP contribution in [-0.4, -0.2) is 24.2 Å². The average Bonchev–Trinajstić information content (AvgIpc) is 2.05. The molecule has 1 amide bonds. The predicted molar refractivity (Wildman–Crippen MR) is 49.3 cm³/mol. The molecule has 0 saturated heterocycles. The molecule has 0 aliphatic carbocycles. The van der Waals surface area contributed by atoms with Crippen LogP contribution in [-0.2, 0) is 4.79 Å². The fourth-order valence-corrected chi connectivity index (χ4v) is 1.10. The number of nitrogens with zero attached hydrogens (tertiary/aromatic N) is 1. The molecule has 12 heavy (non-hydrogen) atoms. The Balaban J connectivity index is 2.61. The number of amides is 1. The number of rotatable bonds is 2. The van der Waals surface area contributed by atoms with Crippen molar-refractivity contribution in [1.82, 2.24) is 5.32 Å². The van der Waals surface area contributed by atoms with Crippen LogP contribution in [0.25, 0.3) is 0 Å². The van der Waals surface area contributed by atoms with Gasteiger partial charge in [0.1, 0.15) is 5.71 Å². The molecular formula is C9H14N2O. The van der Waals surface area contributed by atoms with Gasteiger partial charge in [0, 0.05) is 6.54 Å². The van der Waals surface area contributed by atoms with E-state index in [9.17, 15) is 4.79 Å². The Labute approximate surface area is 72.6 Å². The lowest BCUT2D eigenvalue weighted by molar-refractivity contribution is -0.114. The van der Waals surface area contributed by atoms with Gasteiger partial charge in [-0.15, -0.1) is 0 Å². The Morgan fingerprint density at radius 1 is 1.83 bits per heavy atom. The van der Waals surface area contributed by atoms with Gasteiger partial charge in [0.15, 0.2) is 0 Å². The van der Waals surface area contributed by atoms with Crippen molar-refractivity contribution in [3.63, 3.8) is 0 Å². The maximum absolute atomic E-state index is 11.3. The van der Waals surface area contributed by atoms with E-state index in [-0.39, 0.29) is 11.9 Å². The molecule has 1 rings (SSSR count). The minimum atomic E-state index is -0.0692. The second-order valence-corrected chi connectivity index (χ2v) is 2.86. The van der Waals surface area contributed by atoms with Crippen LogP contribution in [0.15, 0.2) is 17.1 Å². The lowest BCUT2D eigenvalue weighted by Gasteiger charge is -2.10. The molecular weight excluding hydrogens is 152 g/mol. The highest BCUT2D eigenvalue weighted by Gasteiger charge is 2.11. The SMILES string of the molecule is CCNC(=O)C1=NC(C)CC=C1. The third kappa shape index (κ3) is 2.19. The van der Waals surface area contributed by atoms with Crippen LogP contribution in [0.5, 0.6) is 0 Å². The molecule has 1 aliphatic heterocycles. The summed E-state index contributed by atoms with van der Waals surface area (Å²) in [5.74, 6) is -0.0692. The van der Waals surface area contributed by atoms with Crippen molar-refractivity contribution < 1.29 is 4.79 Å². The highest BCUT2D eigenvalue weighted by molar-refractivity contribution is 6.43. The molecule has 0 aromatic carbocycles. The molecule has 0 aromatic heterocycles. The average molecular weight is 166 g/mol. The molecule has 0 spiro atoms. The molecule has 1 unspecified atom stereocenters. The molecule has 0 aromatic rings. The van der Waals surface area contributed by atoms with Gasteiger partial charge in [0.2, 0.25) is 0 Å². The molecule has 1 N–H and O–H groups in total. The van der Waals surface area contributed by atoms with E-state index >= 15 is 0 Å². The smallest absolute Gasteiger partial charge is 0.269 e.